The molecule has 0 saturated carbocycles. The van der Waals surface area contributed by atoms with Gasteiger partial charge in [-0.05, 0) is 91.9 Å². The van der Waals surface area contributed by atoms with Crippen LogP contribution in [0.5, 0.6) is 0 Å². The third kappa shape index (κ3) is 3.15. The molecule has 5 aromatic rings. The molecular weight excluding hydrogens is 438 g/mol. The third-order valence-corrected chi connectivity index (χ3v) is 7.64. The Bertz CT molecular complexity index is 1710. The van der Waals surface area contributed by atoms with E-state index in [0.717, 1.165) is 12.1 Å². The van der Waals surface area contributed by atoms with E-state index in [-0.39, 0.29) is 5.91 Å². The largest absolute Gasteiger partial charge is 0.322 e. The van der Waals surface area contributed by atoms with Crippen molar-refractivity contribution in [3.05, 3.63) is 137 Å². The van der Waals surface area contributed by atoms with E-state index in [1.54, 1.807) is 0 Å². The molecule has 0 spiro atoms. The van der Waals surface area contributed by atoms with E-state index in [1.165, 1.54) is 55.3 Å². The average Bonchev–Trinajstić information content (AvgIpc) is 3.42. The van der Waals surface area contributed by atoms with E-state index in [4.69, 9.17) is 0 Å². The molecule has 0 aliphatic heterocycles. The number of nitrogens with one attached hydrogen (secondary N) is 1. The first kappa shape index (κ1) is 20.9. The number of carbonyl (C=O) groups excluding carboxylic acids is 1. The third-order valence-electron chi connectivity index (χ3n) is 7.64. The van der Waals surface area contributed by atoms with Gasteiger partial charge in [0.15, 0.2) is 0 Å². The molecule has 36 heavy (non-hydrogen) atoms. The van der Waals surface area contributed by atoms with Crippen LogP contribution in [0.25, 0.3) is 33.0 Å². The first-order valence-electron chi connectivity index (χ1n) is 12.5. The van der Waals surface area contributed by atoms with Crippen molar-refractivity contribution in [1.82, 2.24) is 0 Å². The second-order valence-electron chi connectivity index (χ2n) is 9.84. The second kappa shape index (κ2) is 8.07. The lowest BCUT2D eigenvalue weighted by Crippen LogP contribution is -2.11. The highest BCUT2D eigenvalue weighted by Gasteiger charge is 2.33. The van der Waals surface area contributed by atoms with Gasteiger partial charge in [0.25, 0.3) is 5.91 Å². The topological polar surface area (TPSA) is 29.1 Å². The molecule has 2 aliphatic rings. The molecule has 2 heteroatoms. The summed E-state index contributed by atoms with van der Waals surface area (Å²) in [6.07, 6.45) is 1.04. The fourth-order valence-electron chi connectivity index (χ4n) is 6.08. The molecule has 1 N–H and O–H groups in total. The van der Waals surface area contributed by atoms with Crippen LogP contribution >= 0.6 is 0 Å². The van der Waals surface area contributed by atoms with Gasteiger partial charge in [0.2, 0.25) is 0 Å². The van der Waals surface area contributed by atoms with Crippen molar-refractivity contribution in [3.8, 4) is 11.1 Å². The summed E-state index contributed by atoms with van der Waals surface area (Å²) in [4.78, 5) is 12.9. The standard InChI is InChI=1S/C34H25NO/c1-21-19-24-16-15-22-9-5-6-12-26(22)32(24)31(21)33-29-14-8-7-13-27(29)28-18-17-25(20-30(28)33)35-34(36)23-10-3-2-4-11-23/h2-18,20-21H,19H2,1H3,(H,35,36)/b33-31+. The lowest BCUT2D eigenvalue weighted by molar-refractivity contribution is 0.102. The number of amides is 1. The maximum absolute atomic E-state index is 12.9. The highest BCUT2D eigenvalue weighted by atomic mass is 16.1. The van der Waals surface area contributed by atoms with Gasteiger partial charge in [-0.3, -0.25) is 4.79 Å². The van der Waals surface area contributed by atoms with E-state index < -0.39 is 0 Å². The molecule has 7 rings (SSSR count). The zero-order valence-corrected chi connectivity index (χ0v) is 20.1. The van der Waals surface area contributed by atoms with Crippen LogP contribution in [0.2, 0.25) is 0 Å². The second-order valence-corrected chi connectivity index (χ2v) is 9.84. The number of rotatable bonds is 2. The van der Waals surface area contributed by atoms with Gasteiger partial charge in [0.1, 0.15) is 0 Å². The van der Waals surface area contributed by atoms with Crippen LogP contribution in [-0.4, -0.2) is 5.91 Å². The van der Waals surface area contributed by atoms with Gasteiger partial charge in [-0.2, -0.15) is 0 Å². The molecule has 172 valence electrons. The Balaban J connectivity index is 1.45. The van der Waals surface area contributed by atoms with Crippen LogP contribution in [0.3, 0.4) is 0 Å². The Hall–Kier alpha value is -4.43. The Morgan fingerprint density at radius 2 is 1.44 bits per heavy atom. The predicted molar refractivity (Wildman–Crippen MR) is 149 cm³/mol. The lowest BCUT2D eigenvalue weighted by atomic mass is 9.88. The number of hydrogen-bond acceptors (Lipinski definition) is 1. The molecule has 0 aromatic heterocycles. The van der Waals surface area contributed by atoms with Crippen LogP contribution in [0.1, 0.15) is 39.5 Å². The molecule has 0 heterocycles. The van der Waals surface area contributed by atoms with Crippen molar-refractivity contribution in [2.75, 3.05) is 5.32 Å². The smallest absolute Gasteiger partial charge is 0.255 e. The van der Waals surface area contributed by atoms with Gasteiger partial charge in [-0.25, -0.2) is 0 Å². The minimum Gasteiger partial charge on any atom is -0.322 e. The Morgan fingerprint density at radius 3 is 2.31 bits per heavy atom. The zero-order chi connectivity index (χ0) is 24.2. The minimum absolute atomic E-state index is 0.0918. The first-order valence-corrected chi connectivity index (χ1v) is 12.5. The molecule has 0 radical (unpaired) electrons. The fourth-order valence-corrected chi connectivity index (χ4v) is 6.08. The molecule has 1 amide bonds. The maximum atomic E-state index is 12.9. The van der Waals surface area contributed by atoms with Crippen LogP contribution in [0.15, 0.2) is 109 Å². The highest BCUT2D eigenvalue weighted by molar-refractivity contribution is 6.15. The Labute approximate surface area is 210 Å². The summed E-state index contributed by atoms with van der Waals surface area (Å²) in [5.74, 6) is 0.313. The Kier molecular flexibility index (Phi) is 4.68. The van der Waals surface area contributed by atoms with E-state index >= 15 is 0 Å². The number of anilines is 1. The SMILES string of the molecule is CC1Cc2ccc3ccccc3c2/C1=C1\c2ccccc2-c2ccc(NC(=O)c3ccccc3)cc21. The van der Waals surface area contributed by atoms with Gasteiger partial charge < -0.3 is 5.32 Å². The normalized spacial score (nSPS) is 17.5. The van der Waals surface area contributed by atoms with Crippen molar-refractivity contribution in [2.24, 2.45) is 5.92 Å². The summed E-state index contributed by atoms with van der Waals surface area (Å²) >= 11 is 0. The first-order chi connectivity index (χ1) is 17.7. The lowest BCUT2D eigenvalue weighted by Gasteiger charge is -2.16. The summed E-state index contributed by atoms with van der Waals surface area (Å²) in [5.41, 5.74) is 12.0. The monoisotopic (exact) mass is 463 g/mol. The van der Waals surface area contributed by atoms with Crippen molar-refractivity contribution in [3.63, 3.8) is 0 Å². The van der Waals surface area contributed by atoms with Crippen LogP contribution in [0.4, 0.5) is 5.69 Å². The number of hydrogen-bond donors (Lipinski definition) is 1. The molecular formula is C34H25NO. The number of allylic oxidation sites excluding steroid dienone is 1. The van der Waals surface area contributed by atoms with Crippen molar-refractivity contribution in [1.29, 1.82) is 0 Å². The number of fused-ring (bicyclic) bond motifs is 6. The van der Waals surface area contributed by atoms with Gasteiger partial charge in [-0.15, -0.1) is 0 Å². The minimum atomic E-state index is -0.0918. The molecule has 0 fully saturated rings. The van der Waals surface area contributed by atoms with E-state index in [2.05, 4.69) is 85.0 Å². The van der Waals surface area contributed by atoms with E-state index in [9.17, 15) is 4.79 Å². The quantitative estimate of drug-likeness (QED) is 0.275. The summed E-state index contributed by atoms with van der Waals surface area (Å²) in [6, 6.07) is 37.7. The summed E-state index contributed by atoms with van der Waals surface area (Å²) < 4.78 is 0. The predicted octanol–water partition coefficient (Wildman–Crippen LogP) is 8.22. The number of benzene rings is 5. The van der Waals surface area contributed by atoms with Gasteiger partial charge >= 0.3 is 0 Å². The molecule has 1 atom stereocenters. The molecule has 2 nitrogen and oxygen atoms in total. The summed E-state index contributed by atoms with van der Waals surface area (Å²) in [5, 5.41) is 5.72. The highest BCUT2D eigenvalue weighted by Crippen LogP contribution is 2.53. The van der Waals surface area contributed by atoms with Crippen molar-refractivity contribution < 1.29 is 4.79 Å². The van der Waals surface area contributed by atoms with Crippen molar-refractivity contribution in [2.45, 2.75) is 13.3 Å². The van der Waals surface area contributed by atoms with E-state index in [1.807, 2.05) is 36.4 Å². The van der Waals surface area contributed by atoms with Gasteiger partial charge in [0, 0.05) is 11.3 Å². The van der Waals surface area contributed by atoms with Gasteiger partial charge in [0.05, 0.1) is 0 Å². The van der Waals surface area contributed by atoms with Crippen molar-refractivity contribution >= 4 is 33.5 Å². The average molecular weight is 464 g/mol. The summed E-state index contributed by atoms with van der Waals surface area (Å²) in [7, 11) is 0. The molecule has 2 aliphatic carbocycles. The van der Waals surface area contributed by atoms with Crippen LogP contribution < -0.4 is 5.32 Å². The Morgan fingerprint density at radius 1 is 0.722 bits per heavy atom. The fraction of sp³-hybridized carbons (Fsp3) is 0.0882. The van der Waals surface area contributed by atoms with Gasteiger partial charge in [-0.1, -0.05) is 91.9 Å². The maximum Gasteiger partial charge on any atom is 0.255 e. The zero-order valence-electron chi connectivity index (χ0n) is 20.1. The molecule has 0 bridgehead atoms. The number of carbonyl (C=O) groups is 1. The molecule has 1 unspecified atom stereocenters. The summed E-state index contributed by atoms with van der Waals surface area (Å²) in [6.45, 7) is 2.35. The molecule has 5 aromatic carbocycles. The molecule has 0 saturated heterocycles. The van der Waals surface area contributed by atoms with E-state index in [0.29, 0.717) is 11.5 Å². The van der Waals surface area contributed by atoms with Crippen LogP contribution in [-0.2, 0) is 6.42 Å². The van der Waals surface area contributed by atoms with Crippen LogP contribution in [0, 0.1) is 5.92 Å².